The number of aromatic nitrogens is 2. The minimum absolute atomic E-state index is 0.0808. The van der Waals surface area contributed by atoms with E-state index in [0.717, 1.165) is 38.8 Å². The molecule has 0 spiro atoms. The van der Waals surface area contributed by atoms with Crippen LogP contribution >= 0.6 is 0 Å². The molecule has 2 aliphatic heterocycles. The molecule has 0 unspecified atom stereocenters. The van der Waals surface area contributed by atoms with E-state index in [2.05, 4.69) is 259 Å². The van der Waals surface area contributed by atoms with Crippen molar-refractivity contribution in [2.24, 2.45) is 0 Å². The van der Waals surface area contributed by atoms with Crippen LogP contribution < -0.4 is 15.7 Å². The first-order chi connectivity index (χ1) is 36.9. The zero-order valence-electron chi connectivity index (χ0n) is 41.7. The Kier molecular flexibility index (Phi) is 8.06. The monoisotopic (exact) mass is 955 g/mol. The second kappa shape index (κ2) is 14.7. The summed E-state index contributed by atoms with van der Waals surface area (Å²) < 4.78 is 12.5. The maximum atomic E-state index is 7.34. The summed E-state index contributed by atoms with van der Waals surface area (Å²) in [6.45, 7) is 6.70. The molecule has 0 atom stereocenters. The highest BCUT2D eigenvalue weighted by Gasteiger charge is 2.47. The molecule has 17 rings (SSSR count). The molecule has 350 valence electrons. The standard InChI is InChI=1S/C70H46BN3O/c1-70(2,3)46-31-34-60(52(39-46)43-22-11-6-12-23-43)74-61-35-32-51-50-27-17-26-49-47-24-13-15-28-58(47)72(65(49)50)67(51)63(61)56-40-55-48-25-14-16-29-62(48)75-69(55)68-64(56)71(74)57-38-45(42-20-9-5-10-21-42)37-54-53-36-44(41-18-7-4-8-19-41)30-33-59(53)73(68)66(54)57/h4-40H,1-3H3. The third-order valence-electron chi connectivity index (χ3n) is 16.9. The molecule has 11 aromatic carbocycles. The first-order valence-electron chi connectivity index (χ1n) is 26.3. The van der Waals surface area contributed by atoms with Gasteiger partial charge in [0.2, 0.25) is 0 Å². The Bertz CT molecular complexity index is 4920. The lowest BCUT2D eigenvalue weighted by Crippen LogP contribution is -2.60. The van der Waals surface area contributed by atoms with Crippen LogP contribution in [0.1, 0.15) is 26.3 Å². The fourth-order valence-electron chi connectivity index (χ4n) is 13.6. The lowest BCUT2D eigenvalue weighted by Gasteiger charge is -2.43. The van der Waals surface area contributed by atoms with Gasteiger partial charge in [0.05, 0.1) is 33.3 Å². The third kappa shape index (κ3) is 5.46. The first kappa shape index (κ1) is 41.2. The molecule has 0 saturated heterocycles. The van der Waals surface area contributed by atoms with Gasteiger partial charge >= 0.3 is 6.85 Å². The average Bonchev–Trinajstić information content (AvgIpc) is 4.23. The Balaban J connectivity index is 1.12. The minimum Gasteiger partial charge on any atom is -0.454 e. The van der Waals surface area contributed by atoms with Gasteiger partial charge in [-0.05, 0) is 110 Å². The summed E-state index contributed by atoms with van der Waals surface area (Å²) in [7, 11) is 0. The van der Waals surface area contributed by atoms with Gasteiger partial charge in [-0.25, -0.2) is 0 Å². The number of hydrogen-bond donors (Lipinski definition) is 0. The van der Waals surface area contributed by atoms with Crippen molar-refractivity contribution in [2.75, 3.05) is 4.81 Å². The smallest absolute Gasteiger partial charge is 0.333 e. The van der Waals surface area contributed by atoms with E-state index in [1.54, 1.807) is 0 Å². The second-order valence-corrected chi connectivity index (χ2v) is 22.0. The largest absolute Gasteiger partial charge is 0.454 e. The fourth-order valence-corrected chi connectivity index (χ4v) is 13.6. The topological polar surface area (TPSA) is 25.7 Å². The molecule has 0 saturated carbocycles. The zero-order valence-corrected chi connectivity index (χ0v) is 41.7. The number of para-hydroxylation sites is 3. The molecule has 2 aliphatic rings. The summed E-state index contributed by atoms with van der Waals surface area (Å²) in [5.41, 5.74) is 24.7. The van der Waals surface area contributed by atoms with Crippen LogP contribution in [-0.2, 0) is 5.41 Å². The third-order valence-corrected chi connectivity index (χ3v) is 16.9. The molecule has 6 heterocycles. The summed E-state index contributed by atoms with van der Waals surface area (Å²) in [6.07, 6.45) is 0. The summed E-state index contributed by atoms with van der Waals surface area (Å²) in [6, 6.07) is 84.1. The van der Waals surface area contributed by atoms with Crippen molar-refractivity contribution in [1.82, 2.24) is 8.97 Å². The molecule has 0 radical (unpaired) electrons. The summed E-state index contributed by atoms with van der Waals surface area (Å²) in [4.78, 5) is 2.73. The van der Waals surface area contributed by atoms with Crippen molar-refractivity contribution in [3.8, 4) is 50.2 Å². The van der Waals surface area contributed by atoms with E-state index in [1.165, 1.54) is 121 Å². The molecule has 75 heavy (non-hydrogen) atoms. The Labute approximate surface area is 433 Å². The molecule has 4 nitrogen and oxygen atoms in total. The lowest BCUT2D eigenvalue weighted by atomic mass is 9.43. The van der Waals surface area contributed by atoms with Gasteiger partial charge in [0, 0.05) is 65.6 Å². The van der Waals surface area contributed by atoms with Crippen LogP contribution in [0.3, 0.4) is 0 Å². The van der Waals surface area contributed by atoms with Crippen LogP contribution in [0, 0.1) is 0 Å². The number of anilines is 2. The van der Waals surface area contributed by atoms with Crippen LogP contribution in [0.4, 0.5) is 11.4 Å². The van der Waals surface area contributed by atoms with Crippen molar-refractivity contribution in [3.05, 3.63) is 230 Å². The van der Waals surface area contributed by atoms with E-state index in [-0.39, 0.29) is 12.3 Å². The fraction of sp³-hybridized carbons (Fsp3) is 0.0571. The van der Waals surface area contributed by atoms with E-state index < -0.39 is 0 Å². The number of fused-ring (bicyclic) bond motifs is 18. The van der Waals surface area contributed by atoms with E-state index in [1.807, 2.05) is 0 Å². The Hall–Kier alpha value is -9.32. The highest BCUT2D eigenvalue weighted by atomic mass is 16.3. The minimum atomic E-state index is -0.275. The number of nitrogens with zero attached hydrogens (tertiary/aromatic N) is 3. The number of rotatable bonds is 4. The molecule has 4 aromatic heterocycles. The van der Waals surface area contributed by atoms with Gasteiger partial charge < -0.3 is 18.2 Å². The van der Waals surface area contributed by atoms with E-state index in [0.29, 0.717) is 0 Å². The predicted molar refractivity (Wildman–Crippen MR) is 317 cm³/mol. The lowest BCUT2D eigenvalue weighted by molar-refractivity contribution is 0.590. The van der Waals surface area contributed by atoms with Gasteiger partial charge in [0.1, 0.15) is 5.58 Å². The molecular formula is C70H46BN3O. The molecule has 5 heteroatoms. The van der Waals surface area contributed by atoms with Gasteiger partial charge in [0.25, 0.3) is 0 Å². The molecule has 0 aliphatic carbocycles. The Morgan fingerprint density at radius 1 is 0.400 bits per heavy atom. The van der Waals surface area contributed by atoms with Crippen molar-refractivity contribution < 1.29 is 4.42 Å². The molecule has 0 bridgehead atoms. The van der Waals surface area contributed by atoms with Gasteiger partial charge in [-0.3, -0.25) is 0 Å². The van der Waals surface area contributed by atoms with Gasteiger partial charge in [-0.2, -0.15) is 0 Å². The normalized spacial score (nSPS) is 13.2. The first-order valence-corrected chi connectivity index (χ1v) is 26.3. The molecule has 0 N–H and O–H groups in total. The number of furan rings is 1. The van der Waals surface area contributed by atoms with Crippen LogP contribution in [0.5, 0.6) is 0 Å². The second-order valence-electron chi connectivity index (χ2n) is 22.0. The Morgan fingerprint density at radius 3 is 1.81 bits per heavy atom. The van der Waals surface area contributed by atoms with Gasteiger partial charge in [0.15, 0.2) is 5.58 Å². The predicted octanol–water partition coefficient (Wildman–Crippen LogP) is 17.4. The average molecular weight is 956 g/mol. The molecular weight excluding hydrogens is 910 g/mol. The molecule has 0 amide bonds. The van der Waals surface area contributed by atoms with Crippen molar-refractivity contribution >= 4 is 111 Å². The summed E-state index contributed by atoms with van der Waals surface area (Å²) in [5, 5.41) is 9.74. The van der Waals surface area contributed by atoms with Crippen LogP contribution in [0.2, 0.25) is 0 Å². The van der Waals surface area contributed by atoms with Crippen molar-refractivity contribution in [3.63, 3.8) is 0 Å². The number of hydrogen-bond acceptors (Lipinski definition) is 2. The summed E-state index contributed by atoms with van der Waals surface area (Å²) >= 11 is 0. The van der Waals surface area contributed by atoms with Crippen LogP contribution in [0.15, 0.2) is 229 Å². The zero-order chi connectivity index (χ0) is 49.4. The highest BCUT2D eigenvalue weighted by molar-refractivity contribution is 6.94. The van der Waals surface area contributed by atoms with Crippen molar-refractivity contribution in [2.45, 2.75) is 26.2 Å². The maximum absolute atomic E-state index is 7.34. The Morgan fingerprint density at radius 2 is 1.04 bits per heavy atom. The van der Waals surface area contributed by atoms with Crippen LogP contribution in [-0.4, -0.2) is 15.8 Å². The van der Waals surface area contributed by atoms with Crippen molar-refractivity contribution in [1.29, 1.82) is 0 Å². The summed E-state index contributed by atoms with van der Waals surface area (Å²) in [5.74, 6) is 0. The van der Waals surface area contributed by atoms with Crippen LogP contribution in [0.25, 0.3) is 132 Å². The van der Waals surface area contributed by atoms with E-state index in [9.17, 15) is 0 Å². The SMILES string of the molecule is CC(C)(C)c1ccc(N2B3c4c(cc5c(oc6ccccc65)c4-n4c5ccc(-c6ccccc6)cc5c5cc(-c6ccccc6)cc3c54)-c3c2ccc2c4cccc5c6ccccc6n(c32)c54)c(-c2ccccc2)c1. The van der Waals surface area contributed by atoms with E-state index in [4.69, 9.17) is 4.42 Å². The number of benzene rings is 11. The maximum Gasteiger partial charge on any atom is 0.333 e. The molecule has 15 aromatic rings. The van der Waals surface area contributed by atoms with E-state index >= 15 is 0 Å². The van der Waals surface area contributed by atoms with Gasteiger partial charge in [-0.1, -0.05) is 191 Å². The quantitative estimate of drug-likeness (QED) is 0.164. The molecule has 0 fully saturated rings. The highest BCUT2D eigenvalue weighted by Crippen LogP contribution is 2.54. The van der Waals surface area contributed by atoms with Gasteiger partial charge in [-0.15, -0.1) is 0 Å².